The molecule has 60 valence electrons. The van der Waals surface area contributed by atoms with Gasteiger partial charge in [0.05, 0.1) is 0 Å². The van der Waals surface area contributed by atoms with E-state index < -0.39 is 23.9 Å². The number of nitrogens with zero attached hydrogens (tertiary/aromatic N) is 1. The molecule has 0 spiro atoms. The van der Waals surface area contributed by atoms with Gasteiger partial charge in [-0.15, -0.1) is 0 Å². The standard InChI is InChI=1S/C5H6N2O4/c8-4(9)2-1-6-7-3(2)5(10)11/h1-3,7H,(H,8,9)(H,10,11). The van der Waals surface area contributed by atoms with Gasteiger partial charge in [-0.3, -0.25) is 10.2 Å². The van der Waals surface area contributed by atoms with Crippen LogP contribution in [0.5, 0.6) is 0 Å². The van der Waals surface area contributed by atoms with Crippen molar-refractivity contribution in [2.24, 2.45) is 11.0 Å². The quantitative estimate of drug-likeness (QED) is 0.465. The van der Waals surface area contributed by atoms with Crippen LogP contribution in [0.15, 0.2) is 5.10 Å². The van der Waals surface area contributed by atoms with Crippen molar-refractivity contribution in [1.82, 2.24) is 5.43 Å². The molecule has 1 heterocycles. The zero-order chi connectivity index (χ0) is 8.43. The summed E-state index contributed by atoms with van der Waals surface area (Å²) in [6.07, 6.45) is 1.07. The van der Waals surface area contributed by atoms with Crippen molar-refractivity contribution < 1.29 is 19.8 Å². The molecule has 0 saturated carbocycles. The van der Waals surface area contributed by atoms with Gasteiger partial charge >= 0.3 is 11.9 Å². The van der Waals surface area contributed by atoms with Crippen molar-refractivity contribution in [1.29, 1.82) is 0 Å². The molecule has 0 bridgehead atoms. The Balaban J connectivity index is 2.71. The molecule has 0 aromatic carbocycles. The first kappa shape index (κ1) is 7.52. The van der Waals surface area contributed by atoms with Gasteiger partial charge < -0.3 is 10.2 Å². The van der Waals surface area contributed by atoms with Gasteiger partial charge in [-0.25, -0.2) is 4.79 Å². The number of carboxylic acid groups (broad SMARTS) is 2. The van der Waals surface area contributed by atoms with E-state index in [1.165, 1.54) is 0 Å². The second kappa shape index (κ2) is 2.57. The molecule has 3 N–H and O–H groups in total. The molecule has 11 heavy (non-hydrogen) atoms. The lowest BCUT2D eigenvalue weighted by molar-refractivity contribution is -0.147. The number of hydrogen-bond donors (Lipinski definition) is 3. The van der Waals surface area contributed by atoms with Gasteiger partial charge in [0.2, 0.25) is 0 Å². The molecule has 1 aliphatic heterocycles. The van der Waals surface area contributed by atoms with Gasteiger partial charge in [0.15, 0.2) is 6.04 Å². The largest absolute Gasteiger partial charge is 0.481 e. The Bertz CT molecular complexity index is 225. The van der Waals surface area contributed by atoms with Crippen molar-refractivity contribution in [2.45, 2.75) is 6.04 Å². The van der Waals surface area contributed by atoms with Crippen LogP contribution in [-0.2, 0) is 9.59 Å². The van der Waals surface area contributed by atoms with E-state index in [0.29, 0.717) is 0 Å². The SMILES string of the molecule is O=C(O)C1C=NNC1C(=O)O. The molecule has 6 heteroatoms. The average molecular weight is 158 g/mol. The number of rotatable bonds is 2. The zero-order valence-electron chi connectivity index (χ0n) is 5.39. The minimum Gasteiger partial charge on any atom is -0.481 e. The maximum atomic E-state index is 10.3. The van der Waals surface area contributed by atoms with Gasteiger partial charge in [-0.2, -0.15) is 5.10 Å². The number of carboxylic acids is 2. The Morgan fingerprint density at radius 2 is 2.00 bits per heavy atom. The lowest BCUT2D eigenvalue weighted by Crippen LogP contribution is -2.39. The third-order valence-corrected chi connectivity index (χ3v) is 1.36. The predicted octanol–water partition coefficient (Wildman–Crippen LogP) is -1.27. The fourth-order valence-corrected chi connectivity index (χ4v) is 0.785. The summed E-state index contributed by atoms with van der Waals surface area (Å²) in [5.41, 5.74) is 2.18. The van der Waals surface area contributed by atoms with E-state index in [1.54, 1.807) is 0 Å². The maximum Gasteiger partial charge on any atom is 0.329 e. The summed E-state index contributed by atoms with van der Waals surface area (Å²) in [4.78, 5) is 20.6. The Morgan fingerprint density at radius 1 is 1.36 bits per heavy atom. The molecule has 0 aromatic rings. The van der Waals surface area contributed by atoms with E-state index in [4.69, 9.17) is 10.2 Å². The van der Waals surface area contributed by atoms with Crippen LogP contribution in [0.2, 0.25) is 0 Å². The molecule has 2 unspecified atom stereocenters. The zero-order valence-corrected chi connectivity index (χ0v) is 5.39. The summed E-state index contributed by atoms with van der Waals surface area (Å²) >= 11 is 0. The normalized spacial score (nSPS) is 28.0. The smallest absolute Gasteiger partial charge is 0.329 e. The fourth-order valence-electron chi connectivity index (χ4n) is 0.785. The van der Waals surface area contributed by atoms with Crippen LogP contribution in [0.3, 0.4) is 0 Å². The first-order valence-electron chi connectivity index (χ1n) is 2.87. The summed E-state index contributed by atoms with van der Waals surface area (Å²) in [7, 11) is 0. The summed E-state index contributed by atoms with van der Waals surface area (Å²) in [5.74, 6) is -3.46. The molecule has 2 atom stereocenters. The molecular formula is C5H6N2O4. The summed E-state index contributed by atoms with van der Waals surface area (Å²) in [6, 6.07) is -1.13. The Labute approximate surface area is 61.5 Å². The predicted molar refractivity (Wildman–Crippen MR) is 34.2 cm³/mol. The van der Waals surface area contributed by atoms with E-state index in [-0.39, 0.29) is 0 Å². The number of nitrogens with one attached hydrogen (secondary N) is 1. The minimum atomic E-state index is -1.21. The minimum absolute atomic E-state index is 1.06. The van der Waals surface area contributed by atoms with Gasteiger partial charge in [-0.05, 0) is 0 Å². The number of hydrazone groups is 1. The Morgan fingerprint density at radius 3 is 2.36 bits per heavy atom. The fraction of sp³-hybridized carbons (Fsp3) is 0.400. The highest BCUT2D eigenvalue weighted by atomic mass is 16.4. The van der Waals surface area contributed by atoms with Gasteiger partial charge in [-0.1, -0.05) is 0 Å². The third-order valence-electron chi connectivity index (χ3n) is 1.36. The molecule has 1 aliphatic rings. The molecule has 0 aromatic heterocycles. The summed E-state index contributed by atoms with van der Waals surface area (Å²) in [6.45, 7) is 0. The molecule has 1 rings (SSSR count). The van der Waals surface area contributed by atoms with Crippen molar-refractivity contribution >= 4 is 18.2 Å². The molecule has 0 aliphatic carbocycles. The topological polar surface area (TPSA) is 99.0 Å². The van der Waals surface area contributed by atoms with E-state index in [9.17, 15) is 9.59 Å². The van der Waals surface area contributed by atoms with Crippen LogP contribution in [0.25, 0.3) is 0 Å². The van der Waals surface area contributed by atoms with Crippen LogP contribution in [0.1, 0.15) is 0 Å². The van der Waals surface area contributed by atoms with Gasteiger partial charge in [0, 0.05) is 6.21 Å². The molecule has 0 saturated heterocycles. The highest BCUT2D eigenvalue weighted by Gasteiger charge is 2.35. The highest BCUT2D eigenvalue weighted by Crippen LogP contribution is 2.07. The number of hydrogen-bond acceptors (Lipinski definition) is 4. The second-order valence-electron chi connectivity index (χ2n) is 2.09. The van der Waals surface area contributed by atoms with Crippen molar-refractivity contribution in [3.05, 3.63) is 0 Å². The summed E-state index contributed by atoms with van der Waals surface area (Å²) in [5, 5.41) is 20.2. The summed E-state index contributed by atoms with van der Waals surface area (Å²) < 4.78 is 0. The number of carbonyl (C=O) groups is 2. The van der Waals surface area contributed by atoms with Crippen LogP contribution >= 0.6 is 0 Å². The van der Waals surface area contributed by atoms with Crippen LogP contribution < -0.4 is 5.43 Å². The monoisotopic (exact) mass is 158 g/mol. The van der Waals surface area contributed by atoms with Crippen molar-refractivity contribution in [3.8, 4) is 0 Å². The van der Waals surface area contributed by atoms with Crippen molar-refractivity contribution in [3.63, 3.8) is 0 Å². The van der Waals surface area contributed by atoms with Crippen LogP contribution in [0.4, 0.5) is 0 Å². The maximum absolute atomic E-state index is 10.3. The van der Waals surface area contributed by atoms with Crippen LogP contribution in [-0.4, -0.2) is 34.4 Å². The molecule has 0 radical (unpaired) electrons. The van der Waals surface area contributed by atoms with E-state index in [0.717, 1.165) is 6.21 Å². The Kier molecular flexibility index (Phi) is 1.75. The van der Waals surface area contributed by atoms with Gasteiger partial charge in [0.25, 0.3) is 0 Å². The number of aliphatic carboxylic acids is 2. The molecular weight excluding hydrogens is 152 g/mol. The highest BCUT2D eigenvalue weighted by molar-refractivity contribution is 5.96. The molecule has 0 amide bonds. The first-order valence-corrected chi connectivity index (χ1v) is 2.87. The van der Waals surface area contributed by atoms with Gasteiger partial charge in [0.1, 0.15) is 5.92 Å². The average Bonchev–Trinajstić information content (AvgIpc) is 2.32. The lowest BCUT2D eigenvalue weighted by Gasteiger charge is -2.07. The lowest BCUT2D eigenvalue weighted by atomic mass is 10.0. The van der Waals surface area contributed by atoms with Crippen molar-refractivity contribution in [2.75, 3.05) is 0 Å². The third kappa shape index (κ3) is 1.28. The van der Waals surface area contributed by atoms with E-state index in [2.05, 4.69) is 10.5 Å². The van der Waals surface area contributed by atoms with Crippen LogP contribution in [0, 0.1) is 5.92 Å². The first-order chi connectivity index (χ1) is 5.13. The molecule has 0 fully saturated rings. The van der Waals surface area contributed by atoms with E-state index >= 15 is 0 Å². The second-order valence-corrected chi connectivity index (χ2v) is 2.09. The Hall–Kier alpha value is -1.59. The van der Waals surface area contributed by atoms with E-state index in [1.807, 2.05) is 0 Å². The molecule has 6 nitrogen and oxygen atoms in total.